The van der Waals surface area contributed by atoms with Gasteiger partial charge < -0.3 is 9.84 Å². The number of hydrogen-bond acceptors (Lipinski definition) is 4. The molecule has 1 atom stereocenters. The van der Waals surface area contributed by atoms with Gasteiger partial charge >= 0.3 is 0 Å². The van der Waals surface area contributed by atoms with Crippen molar-refractivity contribution < 1.29 is 9.84 Å². The average Bonchev–Trinajstić information content (AvgIpc) is 2.66. The van der Waals surface area contributed by atoms with E-state index in [1.165, 1.54) is 0 Å². The lowest BCUT2D eigenvalue weighted by Crippen LogP contribution is -2.26. The molecule has 5 nitrogen and oxygen atoms in total. The van der Waals surface area contributed by atoms with E-state index in [1.807, 2.05) is 13.8 Å². The highest BCUT2D eigenvalue weighted by Crippen LogP contribution is 2.25. The quantitative estimate of drug-likeness (QED) is 0.800. The van der Waals surface area contributed by atoms with E-state index in [1.54, 1.807) is 18.0 Å². The molecule has 0 fully saturated rings. The molecule has 0 amide bonds. The maximum absolute atomic E-state index is 10.1. The van der Waals surface area contributed by atoms with Crippen LogP contribution in [0.5, 0.6) is 0 Å². The number of rotatable bonds is 6. The van der Waals surface area contributed by atoms with Crippen LogP contribution in [0.1, 0.15) is 45.4 Å². The zero-order valence-electron chi connectivity index (χ0n) is 10.5. The Hall–Kier alpha value is -0.940. The molecule has 0 aliphatic heterocycles. The van der Waals surface area contributed by atoms with Gasteiger partial charge in [0.25, 0.3) is 0 Å². The number of aliphatic hydroxyl groups is 1. The summed E-state index contributed by atoms with van der Waals surface area (Å²) in [4.78, 5) is 0. The van der Waals surface area contributed by atoms with E-state index in [0.717, 1.165) is 18.7 Å². The molecule has 1 aromatic heterocycles. The summed E-state index contributed by atoms with van der Waals surface area (Å²) < 4.78 is 7.04. The number of aryl methyl sites for hydroxylation is 1. The third-order valence-electron chi connectivity index (χ3n) is 2.66. The summed E-state index contributed by atoms with van der Waals surface area (Å²) in [6, 6.07) is 0. The molecule has 1 aromatic rings. The lowest BCUT2D eigenvalue weighted by atomic mass is 9.99. The summed E-state index contributed by atoms with van der Waals surface area (Å²) >= 11 is 0. The fourth-order valence-electron chi connectivity index (χ4n) is 1.56. The number of ether oxygens (including phenoxy) is 1. The van der Waals surface area contributed by atoms with Gasteiger partial charge in [0, 0.05) is 20.1 Å². The van der Waals surface area contributed by atoms with E-state index >= 15 is 0 Å². The number of aliphatic hydroxyl groups excluding tert-OH is 1. The Morgan fingerprint density at radius 3 is 2.81 bits per heavy atom. The monoisotopic (exact) mass is 227 g/mol. The Kier molecular flexibility index (Phi) is 4.44. The van der Waals surface area contributed by atoms with Crippen LogP contribution in [0.25, 0.3) is 0 Å². The normalized spacial score (nSPS) is 14.1. The first-order valence-electron chi connectivity index (χ1n) is 5.61. The van der Waals surface area contributed by atoms with E-state index in [9.17, 15) is 5.11 Å². The maximum Gasteiger partial charge on any atom is 0.1000 e. The van der Waals surface area contributed by atoms with Crippen molar-refractivity contribution in [1.82, 2.24) is 15.0 Å². The first-order valence-corrected chi connectivity index (χ1v) is 5.61. The molecule has 5 heteroatoms. The van der Waals surface area contributed by atoms with E-state index in [0.29, 0.717) is 6.42 Å². The molecule has 0 aromatic carbocycles. The summed E-state index contributed by atoms with van der Waals surface area (Å²) in [5, 5.41) is 17.9. The number of aromatic nitrogens is 3. The highest BCUT2D eigenvalue weighted by atomic mass is 16.5. The van der Waals surface area contributed by atoms with Gasteiger partial charge in [-0.15, -0.1) is 5.10 Å². The van der Waals surface area contributed by atoms with Crippen LogP contribution in [0.2, 0.25) is 0 Å². The van der Waals surface area contributed by atoms with Crippen molar-refractivity contribution in [3.63, 3.8) is 0 Å². The summed E-state index contributed by atoms with van der Waals surface area (Å²) in [5.41, 5.74) is 0.410. The van der Waals surface area contributed by atoms with Crippen molar-refractivity contribution in [2.45, 2.75) is 51.9 Å². The van der Waals surface area contributed by atoms with Crippen molar-refractivity contribution in [1.29, 1.82) is 0 Å². The third-order valence-corrected chi connectivity index (χ3v) is 2.66. The smallest absolute Gasteiger partial charge is 0.1000 e. The number of hydrogen-bond donors (Lipinski definition) is 1. The minimum absolute atomic E-state index is 0.346. The molecule has 1 unspecified atom stereocenters. The number of methoxy groups -OCH3 is 1. The zero-order valence-corrected chi connectivity index (χ0v) is 10.5. The van der Waals surface area contributed by atoms with E-state index in [4.69, 9.17) is 4.74 Å². The van der Waals surface area contributed by atoms with Crippen LogP contribution in [0.3, 0.4) is 0 Å². The first kappa shape index (κ1) is 13.1. The molecule has 1 N–H and O–H groups in total. The van der Waals surface area contributed by atoms with Gasteiger partial charge in [-0.3, -0.25) is 0 Å². The summed E-state index contributed by atoms with van der Waals surface area (Å²) in [6.07, 6.45) is 2.53. The Morgan fingerprint density at radius 2 is 2.25 bits per heavy atom. The lowest BCUT2D eigenvalue weighted by molar-refractivity contribution is -0.0220. The molecule has 0 bridgehead atoms. The Labute approximate surface area is 96.4 Å². The molecule has 0 aliphatic carbocycles. The Balaban J connectivity index is 2.72. The van der Waals surface area contributed by atoms with Crippen LogP contribution in [0.4, 0.5) is 0 Å². The fourth-order valence-corrected chi connectivity index (χ4v) is 1.56. The molecule has 1 heterocycles. The molecule has 1 rings (SSSR count). The number of nitrogens with zero attached hydrogens (tertiary/aromatic N) is 3. The molecule has 92 valence electrons. The first-order chi connectivity index (χ1) is 7.50. The highest BCUT2D eigenvalue weighted by molar-refractivity contribution is 5.00. The zero-order chi connectivity index (χ0) is 12.2. The average molecular weight is 227 g/mol. The second-order valence-corrected chi connectivity index (χ2v) is 4.57. The molecule has 0 radical (unpaired) electrons. The van der Waals surface area contributed by atoms with Crippen molar-refractivity contribution in [2.24, 2.45) is 0 Å². The van der Waals surface area contributed by atoms with Crippen LogP contribution in [-0.4, -0.2) is 32.8 Å². The molecular weight excluding hydrogens is 206 g/mol. The van der Waals surface area contributed by atoms with Crippen molar-refractivity contribution in [3.8, 4) is 0 Å². The topological polar surface area (TPSA) is 60.2 Å². The summed E-state index contributed by atoms with van der Waals surface area (Å²) in [5.74, 6) is 0. The van der Waals surface area contributed by atoms with Crippen molar-refractivity contribution in [3.05, 3.63) is 11.9 Å². The van der Waals surface area contributed by atoms with E-state index in [-0.39, 0.29) is 5.60 Å². The SMILES string of the molecule is CCCn1nncc1C(O)CC(C)(C)OC. The second kappa shape index (κ2) is 5.41. The van der Waals surface area contributed by atoms with Gasteiger partial charge in [0.2, 0.25) is 0 Å². The predicted molar refractivity (Wildman–Crippen MR) is 61.0 cm³/mol. The minimum atomic E-state index is -0.587. The van der Waals surface area contributed by atoms with Gasteiger partial charge in [0.05, 0.1) is 23.6 Å². The molecule has 16 heavy (non-hydrogen) atoms. The standard InChI is InChI=1S/C11H21N3O2/c1-5-6-14-9(8-12-13-14)10(15)7-11(2,3)16-4/h8,10,15H,5-7H2,1-4H3. The van der Waals surface area contributed by atoms with E-state index in [2.05, 4.69) is 17.2 Å². The van der Waals surface area contributed by atoms with Crippen LogP contribution in [-0.2, 0) is 11.3 Å². The Bertz CT molecular complexity index is 323. The van der Waals surface area contributed by atoms with Gasteiger partial charge in [-0.05, 0) is 20.3 Å². The minimum Gasteiger partial charge on any atom is -0.387 e. The third kappa shape index (κ3) is 3.28. The Morgan fingerprint density at radius 1 is 1.56 bits per heavy atom. The molecule has 0 aliphatic rings. The second-order valence-electron chi connectivity index (χ2n) is 4.57. The largest absolute Gasteiger partial charge is 0.387 e. The molecule has 0 saturated heterocycles. The van der Waals surface area contributed by atoms with Gasteiger partial charge in [0.1, 0.15) is 0 Å². The molecular formula is C11H21N3O2. The van der Waals surface area contributed by atoms with Crippen LogP contribution in [0, 0.1) is 0 Å². The van der Waals surface area contributed by atoms with Crippen LogP contribution < -0.4 is 0 Å². The maximum atomic E-state index is 10.1. The van der Waals surface area contributed by atoms with Crippen LogP contribution >= 0.6 is 0 Å². The highest BCUT2D eigenvalue weighted by Gasteiger charge is 2.24. The fraction of sp³-hybridized carbons (Fsp3) is 0.818. The molecule has 0 saturated carbocycles. The van der Waals surface area contributed by atoms with Crippen LogP contribution in [0.15, 0.2) is 6.20 Å². The summed E-state index contributed by atoms with van der Waals surface area (Å²) in [6.45, 7) is 6.74. The van der Waals surface area contributed by atoms with Gasteiger partial charge in [-0.25, -0.2) is 4.68 Å². The molecule has 0 spiro atoms. The summed E-state index contributed by atoms with van der Waals surface area (Å²) in [7, 11) is 1.65. The van der Waals surface area contributed by atoms with Crippen molar-refractivity contribution in [2.75, 3.05) is 7.11 Å². The van der Waals surface area contributed by atoms with E-state index < -0.39 is 6.10 Å². The van der Waals surface area contributed by atoms with Crippen molar-refractivity contribution >= 4 is 0 Å². The van der Waals surface area contributed by atoms with Gasteiger partial charge in [-0.1, -0.05) is 12.1 Å². The lowest BCUT2D eigenvalue weighted by Gasteiger charge is -2.25. The van der Waals surface area contributed by atoms with Gasteiger partial charge in [-0.2, -0.15) is 0 Å². The van der Waals surface area contributed by atoms with Gasteiger partial charge in [0.15, 0.2) is 0 Å². The predicted octanol–water partition coefficient (Wildman–Crippen LogP) is 1.54.